The first-order chi connectivity index (χ1) is 12.2. The lowest BCUT2D eigenvalue weighted by atomic mass is 9.96. The molecule has 0 unspecified atom stereocenters. The lowest BCUT2D eigenvalue weighted by Crippen LogP contribution is -2.03. The van der Waals surface area contributed by atoms with Crippen LogP contribution in [0.25, 0.3) is 0 Å². The second-order valence-corrected chi connectivity index (χ2v) is 6.69. The van der Waals surface area contributed by atoms with Crippen molar-refractivity contribution in [1.82, 2.24) is 0 Å². The fourth-order valence-electron chi connectivity index (χ4n) is 3.53. The highest BCUT2D eigenvalue weighted by molar-refractivity contribution is 5.31. The van der Waals surface area contributed by atoms with Gasteiger partial charge in [-0.25, -0.2) is 4.39 Å². The molecule has 25 heavy (non-hydrogen) atoms. The predicted octanol–water partition coefficient (Wildman–Crippen LogP) is 4.33. The van der Waals surface area contributed by atoms with Crippen LogP contribution in [0.15, 0.2) is 42.5 Å². The number of aliphatic hydroxyl groups is 1. The van der Waals surface area contributed by atoms with Crippen molar-refractivity contribution >= 4 is 0 Å². The van der Waals surface area contributed by atoms with Crippen molar-refractivity contribution in [2.24, 2.45) is 5.92 Å². The largest absolute Gasteiger partial charge is 0.494 e. The Hall–Kier alpha value is -2.07. The van der Waals surface area contributed by atoms with Gasteiger partial charge in [-0.05, 0) is 66.5 Å². The molecule has 0 radical (unpaired) electrons. The molecule has 0 spiro atoms. The molecule has 3 nitrogen and oxygen atoms in total. The first-order valence-corrected chi connectivity index (χ1v) is 8.85. The van der Waals surface area contributed by atoms with E-state index in [2.05, 4.69) is 12.1 Å². The Morgan fingerprint density at radius 3 is 2.56 bits per heavy atom. The molecule has 1 fully saturated rings. The highest BCUT2D eigenvalue weighted by atomic mass is 19.1. The van der Waals surface area contributed by atoms with Crippen LogP contribution in [0, 0.1) is 11.7 Å². The Morgan fingerprint density at radius 2 is 1.92 bits per heavy atom. The summed E-state index contributed by atoms with van der Waals surface area (Å²) in [5.74, 6) is 1.74. The van der Waals surface area contributed by atoms with Crippen LogP contribution >= 0.6 is 0 Å². The van der Waals surface area contributed by atoms with E-state index in [-0.39, 0.29) is 11.6 Å². The Labute approximate surface area is 148 Å². The summed E-state index contributed by atoms with van der Waals surface area (Å²) in [4.78, 5) is 0. The maximum Gasteiger partial charge on any atom is 0.165 e. The van der Waals surface area contributed by atoms with Gasteiger partial charge >= 0.3 is 0 Å². The molecule has 1 aliphatic rings. The smallest absolute Gasteiger partial charge is 0.165 e. The Balaban J connectivity index is 1.50. The highest BCUT2D eigenvalue weighted by Crippen LogP contribution is 2.38. The van der Waals surface area contributed by atoms with Crippen LogP contribution in [0.4, 0.5) is 4.39 Å². The SMILES string of the molecule is COc1ccc(CCOc2ccc([C@@H]3CC[C@H](CO)C3)cc2)cc1F. The average molecular weight is 344 g/mol. The number of benzene rings is 2. The first kappa shape index (κ1) is 17.7. The minimum absolute atomic E-state index is 0.260. The Morgan fingerprint density at radius 1 is 1.12 bits per heavy atom. The molecule has 3 rings (SSSR count). The van der Waals surface area contributed by atoms with Crippen LogP contribution < -0.4 is 9.47 Å². The van der Waals surface area contributed by atoms with Crippen molar-refractivity contribution in [2.45, 2.75) is 31.6 Å². The summed E-state index contributed by atoms with van der Waals surface area (Å²) >= 11 is 0. The van der Waals surface area contributed by atoms with Gasteiger partial charge in [-0.3, -0.25) is 0 Å². The van der Waals surface area contributed by atoms with E-state index in [1.165, 1.54) is 18.7 Å². The van der Waals surface area contributed by atoms with Crippen molar-refractivity contribution in [3.63, 3.8) is 0 Å². The molecule has 0 aromatic heterocycles. The minimum Gasteiger partial charge on any atom is -0.494 e. The second-order valence-electron chi connectivity index (χ2n) is 6.69. The van der Waals surface area contributed by atoms with Gasteiger partial charge < -0.3 is 14.6 Å². The molecule has 2 atom stereocenters. The molecule has 2 aromatic carbocycles. The highest BCUT2D eigenvalue weighted by Gasteiger charge is 2.25. The molecular weight excluding hydrogens is 319 g/mol. The summed E-state index contributed by atoms with van der Waals surface area (Å²) in [6.07, 6.45) is 3.97. The van der Waals surface area contributed by atoms with E-state index >= 15 is 0 Å². The van der Waals surface area contributed by atoms with Crippen LogP contribution in [-0.4, -0.2) is 25.4 Å². The molecule has 0 amide bonds. The quantitative estimate of drug-likeness (QED) is 0.812. The summed E-state index contributed by atoms with van der Waals surface area (Å²) in [5.41, 5.74) is 2.21. The molecule has 0 heterocycles. The molecule has 134 valence electrons. The number of halogens is 1. The third kappa shape index (κ3) is 4.51. The van der Waals surface area contributed by atoms with Gasteiger partial charge in [0.05, 0.1) is 13.7 Å². The van der Waals surface area contributed by atoms with Gasteiger partial charge in [0.25, 0.3) is 0 Å². The van der Waals surface area contributed by atoms with Crippen molar-refractivity contribution in [3.05, 3.63) is 59.4 Å². The summed E-state index contributed by atoms with van der Waals surface area (Å²) < 4.78 is 24.4. The van der Waals surface area contributed by atoms with Gasteiger partial charge in [0.1, 0.15) is 5.75 Å². The van der Waals surface area contributed by atoms with Crippen LogP contribution in [0.1, 0.15) is 36.3 Å². The average Bonchev–Trinajstić information content (AvgIpc) is 3.12. The number of ether oxygens (including phenoxy) is 2. The molecule has 0 bridgehead atoms. The summed E-state index contributed by atoms with van der Waals surface area (Å²) in [6, 6.07) is 13.2. The predicted molar refractivity (Wildman–Crippen MR) is 95.8 cm³/mol. The zero-order valence-electron chi connectivity index (χ0n) is 14.6. The molecular formula is C21H25FO3. The second kappa shape index (κ2) is 8.34. The van der Waals surface area contributed by atoms with E-state index in [0.29, 0.717) is 31.5 Å². The third-order valence-electron chi connectivity index (χ3n) is 5.03. The van der Waals surface area contributed by atoms with Crippen LogP contribution in [0.3, 0.4) is 0 Å². The standard InChI is InChI=1S/C21H25FO3/c1-24-21-9-3-15(13-20(21)22)10-11-25-19-7-5-17(6-8-19)18-4-2-16(12-18)14-23/h3,5-9,13,16,18,23H,2,4,10-12,14H2,1H3/t16-,18+/m0/s1. The van der Waals surface area contributed by atoms with Crippen LogP contribution in [0.2, 0.25) is 0 Å². The maximum absolute atomic E-state index is 13.7. The van der Waals surface area contributed by atoms with Gasteiger partial charge in [-0.15, -0.1) is 0 Å². The third-order valence-corrected chi connectivity index (χ3v) is 5.03. The molecule has 1 aliphatic carbocycles. The van der Waals surface area contributed by atoms with Gasteiger partial charge in [0.2, 0.25) is 0 Å². The zero-order valence-corrected chi connectivity index (χ0v) is 14.6. The lowest BCUT2D eigenvalue weighted by molar-refractivity contribution is 0.229. The van der Waals surface area contributed by atoms with Crippen molar-refractivity contribution < 1.29 is 19.0 Å². The number of aliphatic hydroxyl groups excluding tert-OH is 1. The van der Waals surface area contributed by atoms with E-state index < -0.39 is 0 Å². The normalized spacial score (nSPS) is 19.8. The summed E-state index contributed by atoms with van der Waals surface area (Å²) in [5, 5.41) is 9.26. The minimum atomic E-state index is -0.345. The molecule has 4 heteroatoms. The van der Waals surface area contributed by atoms with Crippen LogP contribution in [0.5, 0.6) is 11.5 Å². The molecule has 1 N–H and O–H groups in total. The van der Waals surface area contributed by atoms with Crippen LogP contribution in [-0.2, 0) is 6.42 Å². The molecule has 0 saturated heterocycles. The Kier molecular flexibility index (Phi) is 5.92. The van der Waals surface area contributed by atoms with E-state index in [1.807, 2.05) is 18.2 Å². The van der Waals surface area contributed by atoms with Crippen molar-refractivity contribution in [3.8, 4) is 11.5 Å². The Bertz CT molecular complexity index is 684. The maximum atomic E-state index is 13.7. The number of methoxy groups -OCH3 is 1. The van der Waals surface area contributed by atoms with E-state index in [0.717, 1.165) is 30.6 Å². The van der Waals surface area contributed by atoms with Gasteiger partial charge in [0, 0.05) is 13.0 Å². The van der Waals surface area contributed by atoms with E-state index in [9.17, 15) is 9.50 Å². The fraction of sp³-hybridized carbons (Fsp3) is 0.429. The van der Waals surface area contributed by atoms with E-state index in [1.54, 1.807) is 6.07 Å². The number of hydrogen-bond acceptors (Lipinski definition) is 3. The van der Waals surface area contributed by atoms with Crippen molar-refractivity contribution in [1.29, 1.82) is 0 Å². The molecule has 2 aromatic rings. The van der Waals surface area contributed by atoms with E-state index in [4.69, 9.17) is 9.47 Å². The fourth-order valence-corrected chi connectivity index (χ4v) is 3.53. The monoisotopic (exact) mass is 344 g/mol. The molecule has 0 aliphatic heterocycles. The lowest BCUT2D eigenvalue weighted by Gasteiger charge is -2.12. The number of hydrogen-bond donors (Lipinski definition) is 1. The van der Waals surface area contributed by atoms with Crippen molar-refractivity contribution in [2.75, 3.05) is 20.3 Å². The first-order valence-electron chi connectivity index (χ1n) is 8.85. The van der Waals surface area contributed by atoms with Gasteiger partial charge in [0.15, 0.2) is 11.6 Å². The van der Waals surface area contributed by atoms with Gasteiger partial charge in [-0.1, -0.05) is 18.2 Å². The van der Waals surface area contributed by atoms with Gasteiger partial charge in [-0.2, -0.15) is 0 Å². The molecule has 1 saturated carbocycles. The number of rotatable bonds is 7. The summed E-state index contributed by atoms with van der Waals surface area (Å²) in [7, 11) is 1.46. The zero-order chi connectivity index (χ0) is 17.6. The topological polar surface area (TPSA) is 38.7 Å². The summed E-state index contributed by atoms with van der Waals surface area (Å²) in [6.45, 7) is 0.796.